The van der Waals surface area contributed by atoms with Crippen LogP contribution < -0.4 is 11.1 Å². The highest BCUT2D eigenvalue weighted by atomic mass is 16.3. The molecule has 0 aromatic heterocycles. The molecule has 3 saturated heterocycles. The average molecular weight is 431 g/mol. The Morgan fingerprint density at radius 2 is 1.84 bits per heavy atom. The van der Waals surface area contributed by atoms with E-state index in [-0.39, 0.29) is 23.8 Å². The lowest BCUT2D eigenvalue weighted by Crippen LogP contribution is -2.46. The number of nitrogens with one attached hydrogen (secondary N) is 1. The summed E-state index contributed by atoms with van der Waals surface area (Å²) in [5.41, 5.74) is 7.17. The van der Waals surface area contributed by atoms with Gasteiger partial charge in [0.05, 0.1) is 0 Å². The van der Waals surface area contributed by atoms with E-state index in [9.17, 15) is 14.7 Å². The number of nitrogens with zero attached hydrogens (tertiary/aromatic N) is 2. The Morgan fingerprint density at radius 3 is 2.55 bits per heavy atom. The lowest BCUT2D eigenvalue weighted by atomic mass is 9.80. The van der Waals surface area contributed by atoms with Gasteiger partial charge in [-0.1, -0.05) is 12.2 Å². The number of amides is 2. The molecular weight excluding hydrogens is 392 g/mol. The van der Waals surface area contributed by atoms with Crippen molar-refractivity contribution >= 4 is 11.8 Å². The number of aliphatic hydroxyl groups is 1. The minimum atomic E-state index is -0.690. The average Bonchev–Trinajstić information content (AvgIpc) is 2.78. The van der Waals surface area contributed by atoms with Gasteiger partial charge in [-0.25, -0.2) is 0 Å². The lowest BCUT2D eigenvalue weighted by Gasteiger charge is -2.37. The van der Waals surface area contributed by atoms with Gasteiger partial charge < -0.3 is 26.0 Å². The number of likely N-dealkylation sites (tertiary alicyclic amines) is 2. The van der Waals surface area contributed by atoms with Crippen molar-refractivity contribution in [2.24, 2.45) is 23.5 Å². The molecule has 3 fully saturated rings. The van der Waals surface area contributed by atoms with Gasteiger partial charge in [0.2, 0.25) is 11.8 Å². The molecule has 1 aliphatic carbocycles. The zero-order chi connectivity index (χ0) is 21.8. The molecular formula is C24H38N4O3. The van der Waals surface area contributed by atoms with Gasteiger partial charge in [0.15, 0.2) is 0 Å². The van der Waals surface area contributed by atoms with E-state index in [4.69, 9.17) is 5.73 Å². The summed E-state index contributed by atoms with van der Waals surface area (Å²) in [6, 6.07) is 0.259. The molecule has 0 radical (unpaired) electrons. The van der Waals surface area contributed by atoms with Gasteiger partial charge >= 0.3 is 0 Å². The Morgan fingerprint density at radius 1 is 1.10 bits per heavy atom. The van der Waals surface area contributed by atoms with Crippen molar-refractivity contribution in [3.05, 3.63) is 23.9 Å². The predicted octanol–water partition coefficient (Wildman–Crippen LogP) is 1.73. The van der Waals surface area contributed by atoms with Gasteiger partial charge in [0.1, 0.15) is 6.23 Å². The molecule has 3 aliphatic heterocycles. The summed E-state index contributed by atoms with van der Waals surface area (Å²) < 4.78 is 0. The summed E-state index contributed by atoms with van der Waals surface area (Å²) in [4.78, 5) is 29.2. The number of carbonyl (C=O) groups is 2. The summed E-state index contributed by atoms with van der Waals surface area (Å²) in [6.45, 7) is 3.65. The summed E-state index contributed by atoms with van der Waals surface area (Å²) in [6.07, 6.45) is 14.0. The highest BCUT2D eigenvalue weighted by Gasteiger charge is 2.33. The molecule has 7 heteroatoms. The Kier molecular flexibility index (Phi) is 7.33. The summed E-state index contributed by atoms with van der Waals surface area (Å²) in [5, 5.41) is 12.3. The van der Waals surface area contributed by atoms with Gasteiger partial charge in [0, 0.05) is 50.3 Å². The molecule has 4 aliphatic rings. The second kappa shape index (κ2) is 10.2. The maximum atomic E-state index is 12.5. The van der Waals surface area contributed by atoms with Gasteiger partial charge in [-0.2, -0.15) is 0 Å². The van der Waals surface area contributed by atoms with Crippen LogP contribution in [0.15, 0.2) is 23.9 Å². The fraction of sp³-hybridized carbons (Fsp3) is 0.750. The van der Waals surface area contributed by atoms with Crippen LogP contribution in [0.25, 0.3) is 0 Å². The minimum Gasteiger partial charge on any atom is -0.374 e. The van der Waals surface area contributed by atoms with Crippen LogP contribution >= 0.6 is 0 Å². The third-order valence-electron chi connectivity index (χ3n) is 7.63. The summed E-state index contributed by atoms with van der Waals surface area (Å²) in [5.74, 6) is 1.05. The number of hydrogen-bond donors (Lipinski definition) is 3. The minimum absolute atomic E-state index is 0.0197. The Balaban J connectivity index is 1.23. The van der Waals surface area contributed by atoms with Crippen molar-refractivity contribution in [2.75, 3.05) is 26.2 Å². The van der Waals surface area contributed by atoms with Crippen molar-refractivity contribution < 1.29 is 14.7 Å². The Labute approximate surface area is 185 Å². The van der Waals surface area contributed by atoms with Crippen LogP contribution in [-0.4, -0.2) is 65.2 Å². The zero-order valence-corrected chi connectivity index (χ0v) is 18.5. The standard InChI is InChI=1S/C24H38N4O3/c25-19-10-14-28(15-11-19)23(30)7-4-17-8-12-27(13-9-17)20-3-1-2-18(16-20)21-5-6-22(29)26-24(21)31/h1,3,16-19,21-22,29H,2,4-15,25H2,(H,26,31). The molecule has 7 nitrogen and oxygen atoms in total. The van der Waals surface area contributed by atoms with Crippen molar-refractivity contribution in [1.82, 2.24) is 15.1 Å². The SMILES string of the molecule is NC1CCN(C(=O)CCC2CCN(C3=CC(C4CCC(O)NC4=O)CC=C3)CC2)CC1. The maximum Gasteiger partial charge on any atom is 0.225 e. The van der Waals surface area contributed by atoms with E-state index in [0.29, 0.717) is 24.7 Å². The highest BCUT2D eigenvalue weighted by Crippen LogP contribution is 2.33. The highest BCUT2D eigenvalue weighted by molar-refractivity contribution is 5.80. The summed E-state index contributed by atoms with van der Waals surface area (Å²) >= 11 is 0. The first-order chi connectivity index (χ1) is 15.0. The number of hydrogen-bond acceptors (Lipinski definition) is 5. The van der Waals surface area contributed by atoms with Gasteiger partial charge in [-0.15, -0.1) is 0 Å². The number of nitrogens with two attached hydrogens (primary N) is 1. The van der Waals surface area contributed by atoms with Crippen molar-refractivity contribution in [3.8, 4) is 0 Å². The Hall–Kier alpha value is -1.86. The summed E-state index contributed by atoms with van der Waals surface area (Å²) in [7, 11) is 0. The van der Waals surface area contributed by atoms with Gasteiger partial charge in [-0.05, 0) is 69.3 Å². The fourth-order valence-corrected chi connectivity index (χ4v) is 5.51. The van der Waals surface area contributed by atoms with Crippen LogP contribution in [0, 0.1) is 17.8 Å². The monoisotopic (exact) mass is 430 g/mol. The van der Waals surface area contributed by atoms with Crippen molar-refractivity contribution in [3.63, 3.8) is 0 Å². The number of aliphatic hydroxyl groups excluding tert-OH is 1. The van der Waals surface area contributed by atoms with E-state index < -0.39 is 6.23 Å². The fourth-order valence-electron chi connectivity index (χ4n) is 5.51. The number of allylic oxidation sites excluding steroid dienone is 3. The Bertz CT molecular complexity index is 706. The molecule has 0 aromatic carbocycles. The van der Waals surface area contributed by atoms with Crippen LogP contribution in [0.1, 0.15) is 57.8 Å². The quantitative estimate of drug-likeness (QED) is 0.617. The molecule has 3 atom stereocenters. The molecule has 0 saturated carbocycles. The number of carbonyl (C=O) groups excluding carboxylic acids is 2. The molecule has 31 heavy (non-hydrogen) atoms. The molecule has 0 aromatic rings. The van der Waals surface area contributed by atoms with E-state index >= 15 is 0 Å². The van der Waals surface area contributed by atoms with Crippen LogP contribution in [0.3, 0.4) is 0 Å². The molecule has 2 amide bonds. The number of rotatable bonds is 5. The largest absolute Gasteiger partial charge is 0.374 e. The van der Waals surface area contributed by atoms with Crippen LogP contribution in [0.5, 0.6) is 0 Å². The second-order valence-corrected chi connectivity index (χ2v) is 9.79. The normalized spacial score (nSPS) is 30.8. The van der Waals surface area contributed by atoms with Crippen LogP contribution in [0.2, 0.25) is 0 Å². The van der Waals surface area contributed by atoms with Crippen molar-refractivity contribution in [1.29, 1.82) is 0 Å². The molecule has 172 valence electrons. The predicted molar refractivity (Wildman–Crippen MR) is 120 cm³/mol. The molecule has 0 bridgehead atoms. The van der Waals surface area contributed by atoms with Gasteiger partial charge in [-0.3, -0.25) is 9.59 Å². The molecule has 3 unspecified atom stereocenters. The third-order valence-corrected chi connectivity index (χ3v) is 7.63. The maximum absolute atomic E-state index is 12.5. The first-order valence-electron chi connectivity index (χ1n) is 12.1. The molecule has 4 rings (SSSR count). The van der Waals surface area contributed by atoms with E-state index in [0.717, 1.165) is 71.1 Å². The smallest absolute Gasteiger partial charge is 0.225 e. The lowest BCUT2D eigenvalue weighted by molar-refractivity contribution is -0.133. The first kappa shape index (κ1) is 22.3. The topological polar surface area (TPSA) is 98.9 Å². The van der Waals surface area contributed by atoms with Gasteiger partial charge in [0.25, 0.3) is 0 Å². The van der Waals surface area contributed by atoms with Crippen LogP contribution in [0.4, 0.5) is 0 Å². The molecule has 4 N–H and O–H groups in total. The molecule has 3 heterocycles. The van der Waals surface area contributed by atoms with E-state index in [2.05, 4.69) is 28.4 Å². The number of piperidine rings is 3. The third kappa shape index (κ3) is 5.69. The first-order valence-corrected chi connectivity index (χ1v) is 12.1. The van der Waals surface area contributed by atoms with Crippen molar-refractivity contribution in [2.45, 2.75) is 70.1 Å². The van der Waals surface area contributed by atoms with E-state index in [1.807, 2.05) is 4.90 Å². The molecule has 0 spiro atoms. The second-order valence-electron chi connectivity index (χ2n) is 9.79. The van der Waals surface area contributed by atoms with Crippen LogP contribution in [-0.2, 0) is 9.59 Å². The zero-order valence-electron chi connectivity index (χ0n) is 18.5. The van der Waals surface area contributed by atoms with E-state index in [1.165, 1.54) is 5.70 Å². The van der Waals surface area contributed by atoms with E-state index in [1.54, 1.807) is 0 Å².